The van der Waals surface area contributed by atoms with Crippen molar-refractivity contribution in [3.05, 3.63) is 47.0 Å². The third-order valence-corrected chi connectivity index (χ3v) is 11.7. The van der Waals surface area contributed by atoms with Crippen LogP contribution in [-0.4, -0.2) is 33.5 Å². The van der Waals surface area contributed by atoms with Crippen LogP contribution < -0.4 is 0 Å². The first-order valence-corrected chi connectivity index (χ1v) is 14.4. The lowest BCUT2D eigenvalue weighted by atomic mass is 9.45. The molecule has 0 aliphatic heterocycles. The molecule has 194 valence electrons. The number of carbonyl (C=O) groups excluding carboxylic acids is 2. The monoisotopic (exact) mass is 490 g/mol. The fourth-order valence-corrected chi connectivity index (χ4v) is 9.69. The largest absolute Gasteiger partial charge is 0.393 e. The minimum Gasteiger partial charge on any atom is -0.393 e. The first-order chi connectivity index (χ1) is 17.2. The molecule has 5 aliphatic carbocycles. The average Bonchev–Trinajstić information content (AvgIpc) is 2.99. The molecular formula is C32H42O4. The van der Waals surface area contributed by atoms with E-state index in [1.807, 2.05) is 6.08 Å². The molecule has 0 amide bonds. The molecule has 1 aromatic rings. The number of hydrogen-bond acceptors (Lipinski definition) is 4. The van der Waals surface area contributed by atoms with Crippen molar-refractivity contribution in [3.8, 4) is 0 Å². The Kier molecular flexibility index (Phi) is 5.88. The lowest BCUT2D eigenvalue weighted by Crippen LogP contribution is -2.61. The molecule has 5 aliphatic rings. The van der Waals surface area contributed by atoms with Gasteiger partial charge < -0.3 is 10.2 Å². The summed E-state index contributed by atoms with van der Waals surface area (Å²) in [7, 11) is 0. The molecule has 1 aromatic carbocycles. The van der Waals surface area contributed by atoms with Crippen molar-refractivity contribution in [2.45, 2.75) is 103 Å². The molecule has 0 radical (unpaired) electrons. The van der Waals surface area contributed by atoms with Gasteiger partial charge in [-0.1, -0.05) is 43.7 Å². The van der Waals surface area contributed by atoms with Crippen molar-refractivity contribution < 1.29 is 19.8 Å². The molecule has 2 N–H and O–H groups in total. The number of carbonyl (C=O) groups is 2. The van der Waals surface area contributed by atoms with Gasteiger partial charge in [0, 0.05) is 18.3 Å². The molecular weight excluding hydrogens is 448 g/mol. The number of aliphatic hydroxyl groups excluding tert-OH is 1. The van der Waals surface area contributed by atoms with Crippen LogP contribution in [0.2, 0.25) is 0 Å². The van der Waals surface area contributed by atoms with Crippen molar-refractivity contribution in [3.63, 3.8) is 0 Å². The lowest BCUT2D eigenvalue weighted by molar-refractivity contribution is -0.181. The molecule has 0 saturated heterocycles. The predicted molar refractivity (Wildman–Crippen MR) is 139 cm³/mol. The Hall–Kier alpha value is -1.78. The van der Waals surface area contributed by atoms with Crippen molar-refractivity contribution >= 4 is 11.6 Å². The second-order valence-electron chi connectivity index (χ2n) is 13.3. The molecule has 7 atom stereocenters. The fraction of sp³-hybridized carbons (Fsp3) is 0.688. The highest BCUT2D eigenvalue weighted by Crippen LogP contribution is 2.67. The number of rotatable bonds is 3. The number of allylic oxidation sites excluding steroid dienone is 1. The van der Waals surface area contributed by atoms with Crippen LogP contribution in [0.3, 0.4) is 0 Å². The van der Waals surface area contributed by atoms with Crippen LogP contribution in [0.1, 0.15) is 89.2 Å². The Bertz CT molecular complexity index is 1080. The van der Waals surface area contributed by atoms with E-state index in [2.05, 4.69) is 38.1 Å². The highest BCUT2D eigenvalue weighted by atomic mass is 16.3. The molecule has 4 nitrogen and oxygen atoms in total. The summed E-state index contributed by atoms with van der Waals surface area (Å²) in [6.45, 7) is 4.35. The van der Waals surface area contributed by atoms with Gasteiger partial charge in [-0.2, -0.15) is 0 Å². The van der Waals surface area contributed by atoms with E-state index in [1.165, 1.54) is 16.7 Å². The molecule has 0 spiro atoms. The standard InChI is InChI=1S/C32H42O4/c1-30-15-13-24(33)18-23(30)11-12-25-26-14-16-32(36,31(26,2)19-27(34)29(25)30)28(35)17-20-7-9-21-5-3-4-6-22(21)10-8-20/h3-6,18,20,25-27,29,34,36H,7-17,19H2,1-2H3/t25?,26?,27-,29?,30?,31?,32-/m0/s1. The first kappa shape index (κ1) is 24.6. The molecule has 0 heterocycles. The van der Waals surface area contributed by atoms with Crippen LogP contribution in [0.15, 0.2) is 35.9 Å². The summed E-state index contributed by atoms with van der Waals surface area (Å²) in [4.78, 5) is 26.0. The number of aryl methyl sites for hydroxylation is 2. The lowest BCUT2D eigenvalue weighted by Gasteiger charge is -2.60. The highest BCUT2D eigenvalue weighted by Gasteiger charge is 2.68. The second-order valence-corrected chi connectivity index (χ2v) is 13.3. The molecule has 4 heteroatoms. The SMILES string of the molecule is CC12CCC(=O)C=C1CCC1C2[C@@H](O)CC2(C)C1CC[C@]2(O)C(=O)CC1CCc2ccccc2CC1. The Balaban J connectivity index is 1.22. The Labute approximate surface area is 215 Å². The van der Waals surface area contributed by atoms with Gasteiger partial charge >= 0.3 is 0 Å². The third kappa shape index (κ3) is 3.54. The minimum atomic E-state index is -1.34. The maximum absolute atomic E-state index is 13.9. The van der Waals surface area contributed by atoms with E-state index >= 15 is 0 Å². The zero-order valence-electron chi connectivity index (χ0n) is 22.0. The van der Waals surface area contributed by atoms with Gasteiger partial charge in [-0.15, -0.1) is 0 Å². The average molecular weight is 491 g/mol. The zero-order chi connectivity index (χ0) is 25.3. The van der Waals surface area contributed by atoms with Crippen LogP contribution in [0.5, 0.6) is 0 Å². The van der Waals surface area contributed by atoms with E-state index in [9.17, 15) is 19.8 Å². The molecule has 0 aromatic heterocycles. The quantitative estimate of drug-likeness (QED) is 0.558. The molecule has 6 rings (SSSR count). The van der Waals surface area contributed by atoms with E-state index in [1.54, 1.807) is 0 Å². The number of aliphatic hydroxyl groups is 2. The van der Waals surface area contributed by atoms with Gasteiger partial charge in [-0.25, -0.2) is 0 Å². The van der Waals surface area contributed by atoms with Gasteiger partial charge in [-0.05, 0) is 110 Å². The van der Waals surface area contributed by atoms with Crippen LogP contribution >= 0.6 is 0 Å². The predicted octanol–water partition coefficient (Wildman–Crippen LogP) is 5.37. The van der Waals surface area contributed by atoms with Gasteiger partial charge in [0.25, 0.3) is 0 Å². The normalized spacial score (nSPS) is 42.4. The molecule has 0 bridgehead atoms. The van der Waals surface area contributed by atoms with Crippen LogP contribution in [0.25, 0.3) is 0 Å². The van der Waals surface area contributed by atoms with Crippen molar-refractivity contribution in [1.29, 1.82) is 0 Å². The summed E-state index contributed by atoms with van der Waals surface area (Å²) < 4.78 is 0. The van der Waals surface area contributed by atoms with E-state index in [0.717, 1.165) is 51.4 Å². The summed E-state index contributed by atoms with van der Waals surface area (Å²) in [6.07, 6.45) is 10.8. The number of hydrogen-bond donors (Lipinski definition) is 2. The van der Waals surface area contributed by atoms with Crippen molar-refractivity contribution in [1.82, 2.24) is 0 Å². The van der Waals surface area contributed by atoms with Crippen LogP contribution in [0, 0.1) is 34.5 Å². The number of Topliss-reactive ketones (excluding diaryl/α,β-unsaturated/α-hetero) is 1. The molecule has 3 fully saturated rings. The molecule has 3 saturated carbocycles. The fourth-order valence-electron chi connectivity index (χ4n) is 9.69. The van der Waals surface area contributed by atoms with E-state index in [0.29, 0.717) is 37.5 Å². The summed E-state index contributed by atoms with van der Waals surface area (Å²) >= 11 is 0. The maximum atomic E-state index is 13.9. The van der Waals surface area contributed by atoms with Gasteiger partial charge in [0.2, 0.25) is 0 Å². The summed E-state index contributed by atoms with van der Waals surface area (Å²) in [5.74, 6) is 1.19. The number of fused-ring (bicyclic) bond motifs is 6. The first-order valence-electron chi connectivity index (χ1n) is 14.4. The summed E-state index contributed by atoms with van der Waals surface area (Å²) in [5.41, 5.74) is 1.97. The van der Waals surface area contributed by atoms with Gasteiger partial charge in [0.15, 0.2) is 11.6 Å². The van der Waals surface area contributed by atoms with Crippen LogP contribution in [-0.2, 0) is 22.4 Å². The topological polar surface area (TPSA) is 74.6 Å². The minimum absolute atomic E-state index is 0.0139. The molecule has 5 unspecified atom stereocenters. The second kappa shape index (κ2) is 8.63. The van der Waals surface area contributed by atoms with E-state index < -0.39 is 17.1 Å². The third-order valence-electron chi connectivity index (χ3n) is 11.7. The van der Waals surface area contributed by atoms with Gasteiger partial charge in [0.05, 0.1) is 6.10 Å². The van der Waals surface area contributed by atoms with Crippen molar-refractivity contribution in [2.24, 2.45) is 34.5 Å². The highest BCUT2D eigenvalue weighted by molar-refractivity contribution is 5.91. The molecule has 36 heavy (non-hydrogen) atoms. The van der Waals surface area contributed by atoms with E-state index in [4.69, 9.17) is 0 Å². The number of ketones is 2. The maximum Gasteiger partial charge on any atom is 0.165 e. The Morgan fingerprint density at radius 3 is 2.36 bits per heavy atom. The Morgan fingerprint density at radius 2 is 1.67 bits per heavy atom. The Morgan fingerprint density at radius 1 is 0.972 bits per heavy atom. The van der Waals surface area contributed by atoms with Crippen molar-refractivity contribution in [2.75, 3.05) is 0 Å². The van der Waals surface area contributed by atoms with E-state index in [-0.39, 0.29) is 28.8 Å². The summed E-state index contributed by atoms with van der Waals surface area (Å²) in [5, 5.41) is 23.7. The van der Waals surface area contributed by atoms with Crippen LogP contribution in [0.4, 0.5) is 0 Å². The zero-order valence-corrected chi connectivity index (χ0v) is 22.0. The smallest absolute Gasteiger partial charge is 0.165 e. The van der Waals surface area contributed by atoms with Gasteiger partial charge in [0.1, 0.15) is 5.60 Å². The number of benzene rings is 1. The summed E-state index contributed by atoms with van der Waals surface area (Å²) in [6, 6.07) is 8.62. The van der Waals surface area contributed by atoms with Gasteiger partial charge in [-0.3, -0.25) is 9.59 Å².